The Morgan fingerprint density at radius 3 is 1.12 bits per heavy atom. The highest BCUT2D eigenvalue weighted by atomic mass is 28.3. The average molecular weight is 1210 g/mol. The summed E-state index contributed by atoms with van der Waals surface area (Å²) in [4.78, 5) is 5.33. The van der Waals surface area contributed by atoms with Crippen molar-refractivity contribution in [1.29, 1.82) is 0 Å². The van der Waals surface area contributed by atoms with Crippen LogP contribution in [0.5, 0.6) is 0 Å². The number of nitrogens with zero attached hydrogens (tertiary/aromatic N) is 3. The fourth-order valence-electron chi connectivity index (χ4n) is 15.7. The lowest BCUT2D eigenvalue weighted by Gasteiger charge is -2.47. The van der Waals surface area contributed by atoms with Crippen LogP contribution in [-0.4, -0.2) is 27.4 Å². The fourth-order valence-corrected chi connectivity index (χ4v) is 25.5. The van der Waals surface area contributed by atoms with Gasteiger partial charge >= 0.3 is 0 Å². The minimum atomic E-state index is -3.24. The smallest absolute Gasteiger partial charge is 0.252 e. The predicted molar refractivity (Wildman–Crippen MR) is 399 cm³/mol. The summed E-state index contributed by atoms with van der Waals surface area (Å²) >= 11 is 0. The molecule has 0 N–H and O–H groups in total. The Balaban J connectivity index is 1.05. The van der Waals surface area contributed by atoms with Crippen molar-refractivity contribution in [1.82, 2.24) is 4.57 Å². The van der Waals surface area contributed by atoms with E-state index in [0.717, 1.165) is 22.7 Å². The number of benzene rings is 13. The van der Waals surface area contributed by atoms with Crippen molar-refractivity contribution in [3.8, 4) is 5.69 Å². The monoisotopic (exact) mass is 1210 g/mol. The molecule has 0 bridgehead atoms. The number of hydrogen-bond acceptors (Lipinski definition) is 2. The van der Waals surface area contributed by atoms with E-state index in [1.54, 1.807) is 0 Å². The number of hydrogen-bond donors (Lipinski definition) is 0. The highest BCUT2D eigenvalue weighted by Crippen LogP contribution is 2.47. The fraction of sp³-hybridized carbons (Fsp3) is 0.0930. The Morgan fingerprint density at radius 2 is 0.663 bits per heavy atom. The summed E-state index contributed by atoms with van der Waals surface area (Å²) in [7, 11) is -6.12. The van der Waals surface area contributed by atoms with Crippen LogP contribution in [0.3, 0.4) is 0 Å². The summed E-state index contributed by atoms with van der Waals surface area (Å²) in [6, 6.07) is 126. The van der Waals surface area contributed by atoms with E-state index in [2.05, 4.69) is 383 Å². The van der Waals surface area contributed by atoms with Gasteiger partial charge in [-0.25, -0.2) is 0 Å². The second kappa shape index (κ2) is 22.3. The molecule has 3 nitrogen and oxygen atoms in total. The summed E-state index contributed by atoms with van der Waals surface area (Å²) in [6.45, 7) is 13.9. The first kappa shape index (κ1) is 57.0. The molecule has 2 aliphatic rings. The summed E-state index contributed by atoms with van der Waals surface area (Å²) in [5.41, 5.74) is 16.7. The van der Waals surface area contributed by atoms with E-state index in [1.807, 2.05) is 0 Å². The molecule has 442 valence electrons. The SMILES string of the molecule is CC(C)(C)c1ccc(N2c3cc(-n4c5ccccc5c5ccccc54)cc4c3B(c3cc(C(C)(C)C)ccc3N4c3ccc([Si](c4ccccc4)(c4ccccc4)c4ccccc4)cc3)c3cccc([Si](c4ccccc4)(c4ccccc4)c4ccccc4)c32)cc1. The summed E-state index contributed by atoms with van der Waals surface area (Å²) in [6.07, 6.45) is 0. The average Bonchev–Trinajstić information content (AvgIpc) is 0.694. The van der Waals surface area contributed by atoms with Crippen molar-refractivity contribution in [2.75, 3.05) is 9.80 Å². The van der Waals surface area contributed by atoms with Gasteiger partial charge in [0, 0.05) is 44.9 Å². The number of para-hydroxylation sites is 3. The Kier molecular flexibility index (Phi) is 13.8. The van der Waals surface area contributed by atoms with Crippen LogP contribution in [0.15, 0.2) is 328 Å². The van der Waals surface area contributed by atoms with E-state index < -0.39 is 16.1 Å². The summed E-state index contributed by atoms with van der Waals surface area (Å²) < 4.78 is 2.54. The lowest BCUT2D eigenvalue weighted by molar-refractivity contribution is 0.590. The molecule has 13 aromatic carbocycles. The van der Waals surface area contributed by atoms with E-state index >= 15 is 0 Å². The first-order valence-corrected chi connectivity index (χ1v) is 36.5. The standard InChI is InChI=1S/C86H72BN3Si2/c1-85(2,3)61-48-51-64(52-49-61)90-81-60-65(89-77-45-27-25-42-73(77)74-43-26-28-46-78(74)89)59-80-83(81)87(75-44-29-47-82(84(75)90)92(69-36-19-10-20-37-69,70-38-21-11-22-39-70)71-40-23-12-24-41-71)76-58-62(86(4,5)6)50-57-79(76)88(80)63-53-55-72(56-54-63)91(66-30-13-7-14-31-66,67-32-15-8-16-33-67)68-34-17-9-18-35-68/h7-60H,1-6H3. The first-order chi connectivity index (χ1) is 44.9. The second-order valence-electron chi connectivity index (χ2n) is 27.2. The molecule has 0 radical (unpaired) electrons. The van der Waals surface area contributed by atoms with Gasteiger partial charge in [0.2, 0.25) is 0 Å². The second-order valence-corrected chi connectivity index (χ2v) is 34.8. The minimum Gasteiger partial charge on any atom is -0.311 e. The topological polar surface area (TPSA) is 11.4 Å². The van der Waals surface area contributed by atoms with E-state index in [1.165, 1.54) is 108 Å². The zero-order valence-corrected chi connectivity index (χ0v) is 55.1. The van der Waals surface area contributed by atoms with Gasteiger partial charge in [0.25, 0.3) is 6.71 Å². The Hall–Kier alpha value is -10.2. The molecule has 6 heteroatoms. The van der Waals surface area contributed by atoms with Crippen molar-refractivity contribution in [3.63, 3.8) is 0 Å². The molecule has 92 heavy (non-hydrogen) atoms. The normalized spacial score (nSPS) is 13.0. The predicted octanol–water partition coefficient (Wildman–Crippen LogP) is 14.2. The number of rotatable bonds is 11. The van der Waals surface area contributed by atoms with Crippen LogP contribution in [-0.2, 0) is 10.8 Å². The van der Waals surface area contributed by atoms with Gasteiger partial charge in [0.1, 0.15) is 0 Å². The molecule has 2 aliphatic heterocycles. The molecule has 0 saturated heterocycles. The van der Waals surface area contributed by atoms with Crippen molar-refractivity contribution in [2.45, 2.75) is 52.4 Å². The maximum atomic E-state index is 2.71. The largest absolute Gasteiger partial charge is 0.311 e. The minimum absolute atomic E-state index is 0.0594. The quantitative estimate of drug-likeness (QED) is 0.0945. The van der Waals surface area contributed by atoms with E-state index in [-0.39, 0.29) is 17.5 Å². The summed E-state index contributed by atoms with van der Waals surface area (Å²) in [5.74, 6) is 0. The number of aromatic nitrogens is 1. The highest BCUT2D eigenvalue weighted by molar-refractivity contribution is 7.21. The molecule has 0 fully saturated rings. The Bertz CT molecular complexity index is 4800. The number of anilines is 6. The van der Waals surface area contributed by atoms with Gasteiger partial charge in [-0.2, -0.15) is 0 Å². The third-order valence-electron chi connectivity index (χ3n) is 20.0. The molecule has 0 aliphatic carbocycles. The molecular weight excluding hydrogens is 1140 g/mol. The maximum absolute atomic E-state index is 3.24. The molecule has 1 aromatic heterocycles. The third kappa shape index (κ3) is 8.98. The molecule has 0 unspecified atom stereocenters. The van der Waals surface area contributed by atoms with Gasteiger partial charge in [-0.15, -0.1) is 0 Å². The lowest BCUT2D eigenvalue weighted by atomic mass is 9.33. The number of fused-ring (bicyclic) bond motifs is 7. The van der Waals surface area contributed by atoms with Gasteiger partial charge in [-0.3, -0.25) is 0 Å². The molecule has 0 amide bonds. The molecule has 0 spiro atoms. The highest BCUT2D eigenvalue weighted by Gasteiger charge is 2.50. The van der Waals surface area contributed by atoms with Crippen molar-refractivity contribution < 1.29 is 0 Å². The molecular formula is C86H72BN3Si2. The van der Waals surface area contributed by atoms with Crippen molar-refractivity contribution >= 4 is 137 Å². The zero-order chi connectivity index (χ0) is 62.3. The van der Waals surface area contributed by atoms with E-state index in [4.69, 9.17) is 0 Å². The van der Waals surface area contributed by atoms with Crippen LogP contribution in [0, 0.1) is 0 Å². The van der Waals surface area contributed by atoms with Crippen LogP contribution < -0.4 is 67.7 Å². The van der Waals surface area contributed by atoms with Crippen LogP contribution in [0.4, 0.5) is 34.1 Å². The molecule has 0 atom stereocenters. The Morgan fingerprint density at radius 1 is 0.283 bits per heavy atom. The van der Waals surface area contributed by atoms with Gasteiger partial charge in [-0.05, 0) is 134 Å². The van der Waals surface area contributed by atoms with Crippen molar-refractivity contribution in [3.05, 3.63) is 339 Å². The van der Waals surface area contributed by atoms with E-state index in [9.17, 15) is 0 Å². The maximum Gasteiger partial charge on any atom is 0.252 e. The summed E-state index contributed by atoms with van der Waals surface area (Å²) in [5, 5.41) is 13.2. The van der Waals surface area contributed by atoms with Crippen molar-refractivity contribution in [2.24, 2.45) is 0 Å². The molecule has 16 rings (SSSR count). The first-order valence-electron chi connectivity index (χ1n) is 32.5. The van der Waals surface area contributed by atoms with Crippen LogP contribution >= 0.6 is 0 Å². The van der Waals surface area contributed by atoms with Crippen LogP contribution in [0.25, 0.3) is 27.5 Å². The van der Waals surface area contributed by atoms with E-state index in [0.29, 0.717) is 0 Å². The zero-order valence-electron chi connectivity index (χ0n) is 53.1. The lowest BCUT2D eigenvalue weighted by Crippen LogP contribution is -2.76. The van der Waals surface area contributed by atoms with Crippen LogP contribution in [0.2, 0.25) is 0 Å². The van der Waals surface area contributed by atoms with Crippen LogP contribution in [0.1, 0.15) is 52.7 Å². The van der Waals surface area contributed by atoms with Gasteiger partial charge in [0.05, 0.1) is 16.7 Å². The Labute approximate surface area is 544 Å². The third-order valence-corrected chi connectivity index (χ3v) is 29.6. The molecule has 3 heterocycles. The molecule has 14 aromatic rings. The van der Waals surface area contributed by atoms with Gasteiger partial charge in [-0.1, -0.05) is 315 Å². The molecule has 0 saturated carbocycles. The van der Waals surface area contributed by atoms with Gasteiger partial charge < -0.3 is 14.4 Å². The van der Waals surface area contributed by atoms with Gasteiger partial charge in [0.15, 0.2) is 16.1 Å².